The summed E-state index contributed by atoms with van der Waals surface area (Å²) in [4.78, 5) is 51.6. The van der Waals surface area contributed by atoms with Crippen LogP contribution in [0.4, 0.5) is 24.5 Å². The van der Waals surface area contributed by atoms with E-state index in [2.05, 4.69) is 16.0 Å². The molecule has 1 saturated carbocycles. The number of anilines is 2. The number of hydrogen-bond acceptors (Lipinski definition) is 6. The monoisotopic (exact) mass is 572 g/mol. The van der Waals surface area contributed by atoms with Gasteiger partial charge in [0.1, 0.15) is 12.6 Å². The molecule has 4 rings (SSSR count). The Balaban J connectivity index is 1.53. The highest BCUT2D eigenvalue weighted by Gasteiger charge is 2.36. The Morgan fingerprint density at radius 3 is 2.55 bits per heavy atom. The molecule has 1 aliphatic heterocycles. The van der Waals surface area contributed by atoms with Gasteiger partial charge in [-0.15, -0.1) is 11.3 Å². The second-order valence-electron chi connectivity index (χ2n) is 8.82. The van der Waals surface area contributed by atoms with Gasteiger partial charge < -0.3 is 25.6 Å². The molecule has 2 fully saturated rings. The van der Waals surface area contributed by atoms with Gasteiger partial charge in [-0.1, -0.05) is 18.0 Å². The fraction of sp³-hybridized carbons (Fsp3) is 0.417. The zero-order valence-corrected chi connectivity index (χ0v) is 21.5. The van der Waals surface area contributed by atoms with Crippen molar-refractivity contribution in [3.05, 3.63) is 45.1 Å². The van der Waals surface area contributed by atoms with Crippen LogP contribution in [0.25, 0.3) is 0 Å². The second-order valence-corrected chi connectivity index (χ2v) is 10.5. The van der Waals surface area contributed by atoms with Gasteiger partial charge in [0.15, 0.2) is 0 Å². The molecule has 2 aromatic rings. The van der Waals surface area contributed by atoms with Crippen LogP contribution in [0, 0.1) is 5.92 Å². The molecule has 1 aromatic carbocycles. The third kappa shape index (κ3) is 6.63. The lowest BCUT2D eigenvalue weighted by Crippen LogP contribution is -2.52. The Kier molecular flexibility index (Phi) is 8.58. The number of ether oxygens (including phenoxy) is 1. The van der Waals surface area contributed by atoms with Gasteiger partial charge >= 0.3 is 6.18 Å². The Bertz CT molecular complexity index is 1230. The van der Waals surface area contributed by atoms with Crippen LogP contribution in [-0.4, -0.2) is 56.0 Å². The highest BCUT2D eigenvalue weighted by molar-refractivity contribution is 7.18. The Hall–Kier alpha value is -3.16. The van der Waals surface area contributed by atoms with Crippen molar-refractivity contribution < 1.29 is 37.1 Å². The number of halogens is 4. The highest BCUT2D eigenvalue weighted by atomic mass is 35.5. The summed E-state index contributed by atoms with van der Waals surface area (Å²) in [6, 6.07) is 4.79. The van der Waals surface area contributed by atoms with E-state index in [-0.39, 0.29) is 42.8 Å². The average Bonchev–Trinajstić information content (AvgIpc) is 3.26. The Labute approximate surface area is 224 Å². The van der Waals surface area contributed by atoms with Gasteiger partial charge in [0.2, 0.25) is 11.8 Å². The van der Waals surface area contributed by atoms with Crippen molar-refractivity contribution in [3.8, 4) is 0 Å². The van der Waals surface area contributed by atoms with Gasteiger partial charge in [0, 0.05) is 24.7 Å². The number of carbonyl (C=O) groups excluding carboxylic acids is 4. The second kappa shape index (κ2) is 11.7. The lowest BCUT2D eigenvalue weighted by atomic mass is 9.84. The number of nitrogens with one attached hydrogen (secondary N) is 3. The zero-order valence-electron chi connectivity index (χ0n) is 19.9. The molecular weight excluding hydrogens is 549 g/mol. The molecule has 9 nitrogen and oxygen atoms in total. The van der Waals surface area contributed by atoms with Crippen LogP contribution < -0.4 is 20.9 Å². The lowest BCUT2D eigenvalue weighted by molar-refractivity contribution is -0.137. The third-order valence-corrected chi connectivity index (χ3v) is 7.47. The molecule has 1 aromatic heterocycles. The highest BCUT2D eigenvalue weighted by Crippen LogP contribution is 2.38. The molecule has 2 heterocycles. The van der Waals surface area contributed by atoms with Crippen LogP contribution in [0.5, 0.6) is 0 Å². The van der Waals surface area contributed by atoms with Crippen molar-refractivity contribution in [3.63, 3.8) is 0 Å². The van der Waals surface area contributed by atoms with Gasteiger partial charge in [-0.25, -0.2) is 0 Å². The predicted molar refractivity (Wildman–Crippen MR) is 134 cm³/mol. The van der Waals surface area contributed by atoms with E-state index in [4.69, 9.17) is 16.3 Å². The standard InChI is InChI=1S/C24H24ClF3N4O5S/c25-19-7-6-18(38-19)23(36)29-11-17(31-21(34)13-2-1-3-13)22(35)30-16-5-4-14(10-15(16)24(26,27)28)32-8-9-37-12-20(32)33/h4-7,10,13,17H,1-3,8-9,11-12H2,(H,29,36)(H,30,35)(H,31,34)/t17-/m0/s1. The first kappa shape index (κ1) is 27.9. The van der Waals surface area contributed by atoms with Crippen molar-refractivity contribution in [2.24, 2.45) is 5.92 Å². The van der Waals surface area contributed by atoms with Gasteiger partial charge in [-0.2, -0.15) is 13.2 Å². The summed E-state index contributed by atoms with van der Waals surface area (Å²) in [5.41, 5.74) is -1.70. The molecule has 0 bridgehead atoms. The van der Waals surface area contributed by atoms with Crippen LogP contribution in [-0.2, 0) is 25.3 Å². The molecule has 2 aliphatic rings. The average molecular weight is 573 g/mol. The summed E-state index contributed by atoms with van der Waals surface area (Å²) in [6.07, 6.45) is -2.72. The van der Waals surface area contributed by atoms with Crippen LogP contribution in [0.15, 0.2) is 30.3 Å². The zero-order chi connectivity index (χ0) is 27.4. The number of nitrogens with zero attached hydrogens (tertiary/aromatic N) is 1. The number of amides is 4. The van der Waals surface area contributed by atoms with E-state index < -0.39 is 47.1 Å². The number of hydrogen-bond donors (Lipinski definition) is 3. The maximum Gasteiger partial charge on any atom is 0.418 e. The van der Waals surface area contributed by atoms with E-state index in [1.165, 1.54) is 23.1 Å². The minimum Gasteiger partial charge on any atom is -0.370 e. The molecule has 1 atom stereocenters. The summed E-state index contributed by atoms with van der Waals surface area (Å²) in [7, 11) is 0. The lowest BCUT2D eigenvalue weighted by Gasteiger charge is -2.28. The molecule has 3 N–H and O–H groups in total. The predicted octanol–water partition coefficient (Wildman–Crippen LogP) is 3.44. The first-order chi connectivity index (χ1) is 18.0. The number of alkyl halides is 3. The van der Waals surface area contributed by atoms with Crippen LogP contribution in [0.2, 0.25) is 4.34 Å². The number of benzene rings is 1. The largest absolute Gasteiger partial charge is 0.418 e. The van der Waals surface area contributed by atoms with Crippen LogP contribution in [0.3, 0.4) is 0 Å². The summed E-state index contributed by atoms with van der Waals surface area (Å²) in [5.74, 6) is -2.69. The minimum atomic E-state index is -4.86. The summed E-state index contributed by atoms with van der Waals surface area (Å²) in [5, 5.41) is 7.30. The fourth-order valence-electron chi connectivity index (χ4n) is 3.94. The van der Waals surface area contributed by atoms with Gasteiger partial charge in [-0.05, 0) is 43.2 Å². The van der Waals surface area contributed by atoms with Crippen molar-refractivity contribution in [2.45, 2.75) is 31.5 Å². The smallest absolute Gasteiger partial charge is 0.370 e. The maximum absolute atomic E-state index is 13.9. The minimum absolute atomic E-state index is 0.0142. The summed E-state index contributed by atoms with van der Waals surface area (Å²) < 4.78 is 47.2. The molecule has 1 aliphatic carbocycles. The molecule has 204 valence electrons. The normalized spacial score (nSPS) is 16.9. The SMILES string of the molecule is O=C(NC[C@H](NC(=O)C1CCC1)C(=O)Nc1ccc(N2CCOCC2=O)cc1C(F)(F)F)c1ccc(Cl)s1. The first-order valence-electron chi connectivity index (χ1n) is 11.8. The van der Waals surface area contributed by atoms with E-state index in [0.29, 0.717) is 17.2 Å². The fourth-order valence-corrected chi connectivity index (χ4v) is 4.90. The first-order valence-corrected chi connectivity index (χ1v) is 13.0. The molecule has 38 heavy (non-hydrogen) atoms. The molecule has 0 unspecified atom stereocenters. The number of rotatable bonds is 8. The van der Waals surface area contributed by atoms with Crippen molar-refractivity contribution in [1.29, 1.82) is 0 Å². The van der Waals surface area contributed by atoms with E-state index >= 15 is 0 Å². The number of carbonyl (C=O) groups is 4. The topological polar surface area (TPSA) is 117 Å². The Morgan fingerprint density at radius 1 is 1.18 bits per heavy atom. The molecule has 1 saturated heterocycles. The quantitative estimate of drug-likeness (QED) is 0.448. The van der Waals surface area contributed by atoms with E-state index in [1.807, 2.05) is 0 Å². The van der Waals surface area contributed by atoms with Gasteiger partial charge in [-0.3, -0.25) is 19.2 Å². The third-order valence-electron chi connectivity index (χ3n) is 6.24. The van der Waals surface area contributed by atoms with Crippen molar-refractivity contribution in [1.82, 2.24) is 10.6 Å². The van der Waals surface area contributed by atoms with Crippen molar-refractivity contribution in [2.75, 3.05) is 36.5 Å². The van der Waals surface area contributed by atoms with Crippen LogP contribution in [0.1, 0.15) is 34.5 Å². The Morgan fingerprint density at radius 2 is 1.95 bits per heavy atom. The number of thiophene rings is 1. The van der Waals surface area contributed by atoms with E-state index in [9.17, 15) is 32.3 Å². The number of morpholine rings is 1. The molecule has 0 radical (unpaired) electrons. The maximum atomic E-state index is 13.9. The van der Waals surface area contributed by atoms with Gasteiger partial charge in [0.05, 0.1) is 27.1 Å². The van der Waals surface area contributed by atoms with Crippen molar-refractivity contribution >= 4 is 57.9 Å². The summed E-state index contributed by atoms with van der Waals surface area (Å²) in [6.45, 7) is -0.338. The van der Waals surface area contributed by atoms with Gasteiger partial charge in [0.25, 0.3) is 11.8 Å². The summed E-state index contributed by atoms with van der Waals surface area (Å²) >= 11 is 6.86. The van der Waals surface area contributed by atoms with E-state index in [0.717, 1.165) is 29.9 Å². The molecule has 0 spiro atoms. The molecule has 4 amide bonds. The van der Waals surface area contributed by atoms with E-state index in [1.54, 1.807) is 0 Å². The van der Waals surface area contributed by atoms with Crippen LogP contribution >= 0.6 is 22.9 Å². The molecule has 14 heteroatoms. The molecular formula is C24H24ClF3N4O5S.